The van der Waals surface area contributed by atoms with Crippen LogP contribution in [-0.4, -0.2) is 55.7 Å². The van der Waals surface area contributed by atoms with E-state index in [9.17, 15) is 15.0 Å². The van der Waals surface area contributed by atoms with E-state index in [1.54, 1.807) is 0 Å². The van der Waals surface area contributed by atoms with E-state index < -0.39 is 37.1 Å². The number of hydrogen-bond donors (Lipinski definition) is 4. The highest BCUT2D eigenvalue weighted by molar-refractivity contribution is 5.95. The highest BCUT2D eigenvalue weighted by atomic mass is 16.6. The molecule has 19 heavy (non-hydrogen) atoms. The van der Waals surface area contributed by atoms with Gasteiger partial charge in [0.2, 0.25) is 11.9 Å². The molecule has 2 heterocycles. The zero-order chi connectivity index (χ0) is 14.2. The van der Waals surface area contributed by atoms with Crippen molar-refractivity contribution in [3.8, 4) is 0 Å². The molecule has 0 bridgehead atoms. The fourth-order valence-electron chi connectivity index (χ4n) is 1.92. The molecule has 0 saturated carbocycles. The summed E-state index contributed by atoms with van der Waals surface area (Å²) in [5, 5.41) is 37.3. The minimum Gasteiger partial charge on any atom is -0.394 e. The van der Waals surface area contributed by atoms with Crippen molar-refractivity contribution in [1.82, 2.24) is 9.55 Å². The number of ether oxygens (including phenoxy) is 1. The van der Waals surface area contributed by atoms with Gasteiger partial charge in [0.25, 0.3) is 5.91 Å². The number of carbonyl (C=O) groups is 1. The molecule has 5 N–H and O–H groups in total. The van der Waals surface area contributed by atoms with Crippen LogP contribution in [0, 0.1) is 5.39 Å². The van der Waals surface area contributed by atoms with Gasteiger partial charge in [-0.15, -0.1) is 0 Å². The number of hydrogen-bond acceptors (Lipinski definition) is 7. The molecular formula is C9H12N5O5+. The second kappa shape index (κ2) is 4.90. The number of primary amides is 1. The SMILES string of the molecule is N#[N+]c1c(C(N)=O)ncn1[C@@H]1O[C@H](CO)[C@@H](O)[C@H]1O. The van der Waals surface area contributed by atoms with E-state index >= 15 is 0 Å². The predicted octanol–water partition coefficient (Wildman–Crippen LogP) is -1.92. The largest absolute Gasteiger partial charge is 0.459 e. The van der Waals surface area contributed by atoms with Crippen molar-refractivity contribution in [2.45, 2.75) is 24.5 Å². The van der Waals surface area contributed by atoms with Crippen LogP contribution in [0.1, 0.15) is 16.7 Å². The highest BCUT2D eigenvalue weighted by Crippen LogP contribution is 2.33. The molecule has 1 aliphatic heterocycles. The summed E-state index contributed by atoms with van der Waals surface area (Å²) in [6, 6.07) is 0. The number of nitrogens with zero attached hydrogens (tertiary/aromatic N) is 4. The van der Waals surface area contributed by atoms with E-state index in [0.29, 0.717) is 0 Å². The van der Waals surface area contributed by atoms with Crippen LogP contribution in [0.5, 0.6) is 0 Å². The van der Waals surface area contributed by atoms with E-state index in [2.05, 4.69) is 9.96 Å². The van der Waals surface area contributed by atoms with Crippen LogP contribution in [0.4, 0.5) is 5.82 Å². The minimum atomic E-state index is -1.38. The average molecular weight is 270 g/mol. The van der Waals surface area contributed by atoms with Crippen LogP contribution in [0.15, 0.2) is 6.33 Å². The third-order valence-electron chi connectivity index (χ3n) is 2.89. The molecule has 1 aromatic heterocycles. The summed E-state index contributed by atoms with van der Waals surface area (Å²) in [6.07, 6.45) is -3.77. The van der Waals surface area contributed by atoms with E-state index in [-0.39, 0.29) is 11.5 Å². The van der Waals surface area contributed by atoms with E-state index in [0.717, 1.165) is 10.9 Å². The van der Waals surface area contributed by atoms with Gasteiger partial charge in [0, 0.05) is 4.98 Å². The van der Waals surface area contributed by atoms with Crippen LogP contribution < -0.4 is 5.73 Å². The van der Waals surface area contributed by atoms with Crippen molar-refractivity contribution in [2.24, 2.45) is 5.73 Å². The minimum absolute atomic E-state index is 0.303. The molecule has 1 saturated heterocycles. The number of rotatable bonds is 3. The summed E-state index contributed by atoms with van der Waals surface area (Å²) in [7, 11) is 0. The smallest absolute Gasteiger partial charge is 0.394 e. The van der Waals surface area contributed by atoms with E-state index in [1.807, 2.05) is 0 Å². The number of aromatic nitrogens is 2. The molecule has 0 unspecified atom stereocenters. The maximum absolute atomic E-state index is 11.1. The molecule has 2 rings (SSSR count). The first-order valence-corrected chi connectivity index (χ1v) is 5.35. The molecule has 4 atom stereocenters. The van der Waals surface area contributed by atoms with Crippen molar-refractivity contribution >= 4 is 11.7 Å². The number of amides is 1. The Morgan fingerprint density at radius 3 is 2.74 bits per heavy atom. The van der Waals surface area contributed by atoms with E-state index in [4.69, 9.17) is 21.0 Å². The summed E-state index contributed by atoms with van der Waals surface area (Å²) in [4.78, 5) is 17.6. The fourth-order valence-corrected chi connectivity index (χ4v) is 1.92. The lowest BCUT2D eigenvalue weighted by Crippen LogP contribution is -2.33. The number of aliphatic hydroxyl groups excluding tert-OH is 3. The fraction of sp³-hybridized carbons (Fsp3) is 0.556. The average Bonchev–Trinajstić information content (AvgIpc) is 2.92. The molecule has 1 aliphatic rings. The third kappa shape index (κ3) is 2.04. The van der Waals surface area contributed by atoms with Crippen molar-refractivity contribution in [2.75, 3.05) is 6.61 Å². The molecule has 0 aliphatic carbocycles. The summed E-state index contributed by atoms with van der Waals surface area (Å²) in [6.45, 7) is -0.502. The molecule has 0 spiro atoms. The van der Waals surface area contributed by atoms with Gasteiger partial charge in [-0.2, -0.15) is 4.57 Å². The molecule has 1 fully saturated rings. The van der Waals surface area contributed by atoms with Crippen LogP contribution in [0.2, 0.25) is 0 Å². The first-order valence-electron chi connectivity index (χ1n) is 5.35. The quantitative estimate of drug-likeness (QED) is 0.465. The lowest BCUT2D eigenvalue weighted by Gasteiger charge is -2.10. The number of carbonyl (C=O) groups excluding carboxylic acids is 1. The van der Waals surface area contributed by atoms with Crippen molar-refractivity contribution in [3.63, 3.8) is 0 Å². The Kier molecular flexibility index (Phi) is 3.45. The maximum Gasteiger partial charge on any atom is 0.459 e. The van der Waals surface area contributed by atoms with Gasteiger partial charge in [0.1, 0.15) is 18.3 Å². The topological polar surface area (TPSA) is 159 Å². The lowest BCUT2D eigenvalue weighted by molar-refractivity contribution is -0.0517. The van der Waals surface area contributed by atoms with Gasteiger partial charge in [0.05, 0.1) is 12.0 Å². The van der Waals surface area contributed by atoms with Gasteiger partial charge in [-0.05, 0) is 0 Å². The number of nitrogens with two attached hydrogens (primary N) is 1. The Bertz CT molecular complexity index is 538. The summed E-state index contributed by atoms with van der Waals surface area (Å²) in [5.74, 6) is -1.22. The third-order valence-corrected chi connectivity index (χ3v) is 2.89. The number of diazo groups is 1. The molecule has 10 nitrogen and oxygen atoms in total. The highest BCUT2D eigenvalue weighted by Gasteiger charge is 2.48. The van der Waals surface area contributed by atoms with Crippen LogP contribution in [0.25, 0.3) is 4.98 Å². The molecule has 0 aromatic carbocycles. The Morgan fingerprint density at radius 2 is 2.26 bits per heavy atom. The van der Waals surface area contributed by atoms with Gasteiger partial charge in [-0.3, -0.25) is 4.79 Å². The van der Waals surface area contributed by atoms with Crippen LogP contribution in [0.3, 0.4) is 0 Å². The first kappa shape index (κ1) is 13.4. The van der Waals surface area contributed by atoms with Crippen LogP contribution >= 0.6 is 0 Å². The van der Waals surface area contributed by atoms with Crippen molar-refractivity contribution in [1.29, 1.82) is 5.39 Å². The number of aliphatic hydroxyl groups is 3. The Labute approximate surface area is 106 Å². The van der Waals surface area contributed by atoms with Gasteiger partial charge >= 0.3 is 5.82 Å². The second-order valence-electron chi connectivity index (χ2n) is 4.02. The van der Waals surface area contributed by atoms with Gasteiger partial charge in [-0.25, -0.2) is 4.98 Å². The van der Waals surface area contributed by atoms with Gasteiger partial charge in [0.15, 0.2) is 6.33 Å². The zero-order valence-corrected chi connectivity index (χ0v) is 9.62. The van der Waals surface area contributed by atoms with Crippen molar-refractivity contribution < 1.29 is 24.9 Å². The standard InChI is InChI=1S/C9H11N5O5/c10-7(18)4-8(13-11)14(2-12-4)9-6(17)5(16)3(1-15)19-9/h2-3,5-6,9,15-17H,1H2,(H-,10,18)/p+1/t3-,5-,6-,9-/m1/s1. The Morgan fingerprint density at radius 1 is 1.58 bits per heavy atom. The molecular weight excluding hydrogens is 258 g/mol. The Hall–Kier alpha value is -2.06. The second-order valence-corrected chi connectivity index (χ2v) is 4.02. The Balaban J connectivity index is 2.39. The first-order chi connectivity index (χ1) is 9.01. The normalized spacial score (nSPS) is 30.2. The van der Waals surface area contributed by atoms with Crippen molar-refractivity contribution in [3.05, 3.63) is 17.0 Å². The summed E-state index contributed by atoms with van der Waals surface area (Å²) in [5.41, 5.74) is 4.73. The molecule has 102 valence electrons. The number of imidazole rings is 1. The van der Waals surface area contributed by atoms with Gasteiger partial charge < -0.3 is 25.8 Å². The van der Waals surface area contributed by atoms with Gasteiger partial charge in [-0.1, -0.05) is 0 Å². The molecule has 0 radical (unpaired) electrons. The zero-order valence-electron chi connectivity index (χ0n) is 9.62. The molecule has 10 heteroatoms. The van der Waals surface area contributed by atoms with E-state index in [1.165, 1.54) is 0 Å². The monoisotopic (exact) mass is 270 g/mol. The lowest BCUT2D eigenvalue weighted by atomic mass is 10.1. The predicted molar refractivity (Wildman–Crippen MR) is 58.5 cm³/mol. The summed E-state index contributed by atoms with van der Waals surface area (Å²) < 4.78 is 6.25. The molecule has 1 aromatic rings. The molecule has 1 amide bonds. The maximum atomic E-state index is 11.1. The van der Waals surface area contributed by atoms with Crippen LogP contribution in [-0.2, 0) is 4.74 Å². The summed E-state index contributed by atoms with van der Waals surface area (Å²) >= 11 is 0.